The topological polar surface area (TPSA) is 142 Å². The Kier molecular flexibility index (Phi) is 17.5. The van der Waals surface area contributed by atoms with Gasteiger partial charge in [0, 0.05) is 5.56 Å². The number of carbonyl (C=O) groups excluding carboxylic acids is 1. The highest BCUT2D eigenvalue weighted by Crippen LogP contribution is 2.10. The van der Waals surface area contributed by atoms with Crippen LogP contribution in [0.4, 0.5) is 0 Å². The van der Waals surface area contributed by atoms with Gasteiger partial charge in [-0.05, 0) is 68.6 Å². The summed E-state index contributed by atoms with van der Waals surface area (Å²) in [5.41, 5.74) is 17.8. The van der Waals surface area contributed by atoms with Gasteiger partial charge in [0.15, 0.2) is 0 Å². The van der Waals surface area contributed by atoms with Crippen LogP contribution in [0.2, 0.25) is 0 Å². The molecule has 7 heteroatoms. The van der Waals surface area contributed by atoms with E-state index in [1.807, 2.05) is 18.2 Å². The third kappa shape index (κ3) is 15.7. The maximum atomic E-state index is 10.3. The maximum Gasteiger partial charge on any atom is 0.320 e. The molecule has 0 aromatic heterocycles. The summed E-state index contributed by atoms with van der Waals surface area (Å²) < 4.78 is 5.34. The van der Waals surface area contributed by atoms with Crippen molar-refractivity contribution in [1.82, 2.24) is 0 Å². The van der Waals surface area contributed by atoms with Gasteiger partial charge in [-0.3, -0.25) is 9.59 Å². The standard InChI is InChI=1S/C10H12O2.C8H11N.C6H14N2O2/c1-2-7-12-10-5-3-9(8-11)4-6-10;9-7-6-8-4-2-1-3-5-8;7-4-2-1-3-5(8)6(9)10/h3-6,8H,2,7H2,1H3;1-5H,6-7,9H2;5H,1-4,7-8H2,(H,9,10)/t;;5-/m..0/s1. The minimum atomic E-state index is -0.933. The van der Waals surface area contributed by atoms with Crippen molar-refractivity contribution in [2.24, 2.45) is 17.2 Å². The van der Waals surface area contributed by atoms with Crippen LogP contribution in [0.25, 0.3) is 0 Å². The number of aldehydes is 1. The number of rotatable bonds is 11. The average Bonchev–Trinajstić information content (AvgIpc) is 2.80. The van der Waals surface area contributed by atoms with Gasteiger partial charge >= 0.3 is 5.97 Å². The third-order valence-corrected chi connectivity index (χ3v) is 4.05. The van der Waals surface area contributed by atoms with E-state index in [2.05, 4.69) is 19.1 Å². The van der Waals surface area contributed by atoms with Gasteiger partial charge in [0.2, 0.25) is 0 Å². The number of hydrogen-bond donors (Lipinski definition) is 4. The number of aliphatic carboxylic acids is 1. The van der Waals surface area contributed by atoms with Crippen molar-refractivity contribution < 1.29 is 19.4 Å². The fourth-order valence-electron chi connectivity index (χ4n) is 2.31. The van der Waals surface area contributed by atoms with Gasteiger partial charge in [0.25, 0.3) is 0 Å². The second kappa shape index (κ2) is 19.2. The van der Waals surface area contributed by atoms with E-state index in [4.69, 9.17) is 27.0 Å². The molecule has 0 saturated carbocycles. The smallest absolute Gasteiger partial charge is 0.320 e. The highest BCUT2D eigenvalue weighted by molar-refractivity contribution is 5.74. The lowest BCUT2D eigenvalue weighted by Gasteiger charge is -2.03. The van der Waals surface area contributed by atoms with Crippen LogP contribution in [0.15, 0.2) is 54.6 Å². The third-order valence-electron chi connectivity index (χ3n) is 4.05. The number of hydrogen-bond acceptors (Lipinski definition) is 6. The Hall–Kier alpha value is -2.74. The van der Waals surface area contributed by atoms with Crippen LogP contribution in [0.1, 0.15) is 48.5 Å². The number of carboxylic acids is 1. The first-order chi connectivity index (χ1) is 15.0. The molecule has 172 valence electrons. The van der Waals surface area contributed by atoms with Gasteiger partial charge in [-0.2, -0.15) is 0 Å². The molecular weight excluding hydrogens is 394 g/mol. The van der Waals surface area contributed by atoms with Crippen molar-refractivity contribution in [1.29, 1.82) is 0 Å². The zero-order valence-corrected chi connectivity index (χ0v) is 18.4. The second-order valence-corrected chi connectivity index (χ2v) is 6.79. The van der Waals surface area contributed by atoms with E-state index in [1.165, 1.54) is 5.56 Å². The van der Waals surface area contributed by atoms with Crippen molar-refractivity contribution in [3.8, 4) is 5.75 Å². The van der Waals surface area contributed by atoms with Crippen molar-refractivity contribution in [3.05, 3.63) is 65.7 Å². The van der Waals surface area contributed by atoms with Gasteiger partial charge in [0.1, 0.15) is 18.1 Å². The fourth-order valence-corrected chi connectivity index (χ4v) is 2.31. The summed E-state index contributed by atoms with van der Waals surface area (Å²) in [6.07, 6.45) is 4.97. The van der Waals surface area contributed by atoms with Crippen LogP contribution < -0.4 is 21.9 Å². The molecule has 1 atom stereocenters. The predicted molar refractivity (Wildman–Crippen MR) is 125 cm³/mol. The van der Waals surface area contributed by atoms with E-state index in [9.17, 15) is 9.59 Å². The van der Waals surface area contributed by atoms with Crippen molar-refractivity contribution in [2.45, 2.75) is 45.1 Å². The van der Waals surface area contributed by atoms with Crippen molar-refractivity contribution >= 4 is 12.3 Å². The fraction of sp³-hybridized carbons (Fsp3) is 0.417. The van der Waals surface area contributed by atoms with Gasteiger partial charge in [-0.25, -0.2) is 0 Å². The highest BCUT2D eigenvalue weighted by Gasteiger charge is 2.09. The lowest BCUT2D eigenvalue weighted by atomic mass is 10.1. The normalized spacial score (nSPS) is 10.6. The van der Waals surface area contributed by atoms with Crippen molar-refractivity contribution in [2.75, 3.05) is 19.7 Å². The van der Waals surface area contributed by atoms with E-state index in [1.54, 1.807) is 24.3 Å². The highest BCUT2D eigenvalue weighted by atomic mass is 16.5. The Morgan fingerprint density at radius 2 is 1.68 bits per heavy atom. The van der Waals surface area contributed by atoms with Crippen molar-refractivity contribution in [3.63, 3.8) is 0 Å². The molecule has 0 aliphatic carbocycles. The molecule has 0 unspecified atom stereocenters. The number of benzene rings is 2. The van der Waals surface area contributed by atoms with E-state index in [-0.39, 0.29) is 0 Å². The van der Waals surface area contributed by atoms with E-state index >= 15 is 0 Å². The molecule has 7 nitrogen and oxygen atoms in total. The van der Waals surface area contributed by atoms with E-state index in [0.717, 1.165) is 50.9 Å². The molecule has 0 fully saturated rings. The predicted octanol–water partition coefficient (Wildman–Crippen LogP) is 3.00. The Bertz CT molecular complexity index is 694. The SMILES string of the molecule is CCCOc1ccc(C=O)cc1.NCCCC[C@H](N)C(=O)O.NCCc1ccccc1. The van der Waals surface area contributed by atoms with E-state index in [0.29, 0.717) is 18.5 Å². The number of nitrogens with two attached hydrogens (primary N) is 3. The first-order valence-electron chi connectivity index (χ1n) is 10.6. The molecule has 0 radical (unpaired) electrons. The summed E-state index contributed by atoms with van der Waals surface area (Å²) in [5.74, 6) is -0.112. The largest absolute Gasteiger partial charge is 0.494 e. The molecule has 0 heterocycles. The summed E-state index contributed by atoms with van der Waals surface area (Å²) >= 11 is 0. The number of carbonyl (C=O) groups is 2. The molecule has 0 bridgehead atoms. The summed E-state index contributed by atoms with van der Waals surface area (Å²) in [5, 5.41) is 8.33. The zero-order valence-electron chi connectivity index (χ0n) is 18.4. The Labute approximate surface area is 185 Å². The molecular formula is C24H37N3O4. The summed E-state index contributed by atoms with van der Waals surface area (Å²) in [4.78, 5) is 20.4. The molecule has 2 aromatic carbocycles. The van der Waals surface area contributed by atoms with Crippen LogP contribution in [0, 0.1) is 0 Å². The van der Waals surface area contributed by atoms with Crippen LogP contribution >= 0.6 is 0 Å². The molecule has 0 saturated heterocycles. The Morgan fingerprint density at radius 3 is 2.16 bits per heavy atom. The van der Waals surface area contributed by atoms with E-state index < -0.39 is 12.0 Å². The number of ether oxygens (including phenoxy) is 1. The van der Waals surface area contributed by atoms with Gasteiger partial charge in [-0.15, -0.1) is 0 Å². The molecule has 0 amide bonds. The molecule has 0 aliphatic heterocycles. The lowest BCUT2D eigenvalue weighted by Crippen LogP contribution is -2.29. The Balaban J connectivity index is 0.000000441. The summed E-state index contributed by atoms with van der Waals surface area (Å²) in [6.45, 7) is 4.12. The molecule has 0 aliphatic rings. The molecule has 31 heavy (non-hydrogen) atoms. The van der Waals surface area contributed by atoms with Gasteiger partial charge < -0.3 is 27.0 Å². The Morgan fingerprint density at radius 1 is 1.03 bits per heavy atom. The molecule has 2 rings (SSSR count). The van der Waals surface area contributed by atoms with Crippen LogP contribution in [-0.4, -0.2) is 43.1 Å². The van der Waals surface area contributed by atoms with Crippen LogP contribution in [0.3, 0.4) is 0 Å². The average molecular weight is 432 g/mol. The minimum absolute atomic E-state index is 0.520. The van der Waals surface area contributed by atoms with Gasteiger partial charge in [0.05, 0.1) is 6.61 Å². The second-order valence-electron chi connectivity index (χ2n) is 6.79. The zero-order chi connectivity index (χ0) is 23.3. The molecule has 7 N–H and O–H groups in total. The molecule has 2 aromatic rings. The monoisotopic (exact) mass is 431 g/mol. The summed E-state index contributed by atoms with van der Waals surface area (Å²) in [6, 6.07) is 16.6. The quantitative estimate of drug-likeness (QED) is 0.316. The first-order valence-corrected chi connectivity index (χ1v) is 10.6. The maximum absolute atomic E-state index is 10.3. The van der Waals surface area contributed by atoms with Crippen LogP contribution in [0.5, 0.6) is 5.75 Å². The van der Waals surface area contributed by atoms with Gasteiger partial charge in [-0.1, -0.05) is 43.7 Å². The minimum Gasteiger partial charge on any atom is -0.494 e. The number of carboxylic acid groups (broad SMARTS) is 1. The molecule has 0 spiro atoms. The lowest BCUT2D eigenvalue weighted by molar-refractivity contribution is -0.138. The first kappa shape index (κ1) is 28.3. The number of unbranched alkanes of at least 4 members (excludes halogenated alkanes) is 1. The summed E-state index contributed by atoms with van der Waals surface area (Å²) in [7, 11) is 0. The van der Waals surface area contributed by atoms with Crippen LogP contribution in [-0.2, 0) is 11.2 Å².